The molecule has 5 heteroatoms. The van der Waals surface area contributed by atoms with Gasteiger partial charge in [-0.25, -0.2) is 4.79 Å². The molecule has 0 aliphatic carbocycles. The highest BCUT2D eigenvalue weighted by Crippen LogP contribution is 2.10. The summed E-state index contributed by atoms with van der Waals surface area (Å²) in [5.41, 5.74) is 1.09. The van der Waals surface area contributed by atoms with E-state index in [0.29, 0.717) is 19.1 Å². The minimum atomic E-state index is -0.105. The van der Waals surface area contributed by atoms with Crippen LogP contribution in [0.3, 0.4) is 0 Å². The van der Waals surface area contributed by atoms with Crippen LogP contribution >= 0.6 is 15.9 Å². The highest BCUT2D eigenvalue weighted by molar-refractivity contribution is 9.10. The van der Waals surface area contributed by atoms with Gasteiger partial charge in [-0.3, -0.25) is 0 Å². The van der Waals surface area contributed by atoms with Gasteiger partial charge < -0.3 is 16.0 Å². The molecule has 18 heavy (non-hydrogen) atoms. The molecule has 1 aromatic rings. The summed E-state index contributed by atoms with van der Waals surface area (Å²) in [5, 5.41) is 9.08. The summed E-state index contributed by atoms with van der Waals surface area (Å²) < 4.78 is 1.04. The van der Waals surface area contributed by atoms with Crippen LogP contribution in [-0.2, 0) is 6.54 Å². The summed E-state index contributed by atoms with van der Waals surface area (Å²) in [5.74, 6) is 0. The van der Waals surface area contributed by atoms with Gasteiger partial charge in [-0.15, -0.1) is 0 Å². The Morgan fingerprint density at radius 1 is 1.33 bits per heavy atom. The van der Waals surface area contributed by atoms with Gasteiger partial charge >= 0.3 is 6.03 Å². The molecule has 1 aliphatic rings. The number of benzene rings is 1. The zero-order valence-corrected chi connectivity index (χ0v) is 11.8. The van der Waals surface area contributed by atoms with Gasteiger partial charge in [0.2, 0.25) is 0 Å². The maximum atomic E-state index is 11.6. The monoisotopic (exact) mass is 311 g/mol. The minimum absolute atomic E-state index is 0.105. The molecule has 4 nitrogen and oxygen atoms in total. The fourth-order valence-corrected chi connectivity index (χ4v) is 2.26. The van der Waals surface area contributed by atoms with Crippen molar-refractivity contribution >= 4 is 22.0 Å². The number of carbonyl (C=O) groups is 1. The summed E-state index contributed by atoms with van der Waals surface area (Å²) in [6.07, 6.45) is 2.35. The Labute approximate surface area is 116 Å². The fraction of sp³-hybridized carbons (Fsp3) is 0.462. The Morgan fingerprint density at radius 2 is 2.11 bits per heavy atom. The third-order valence-electron chi connectivity index (χ3n) is 3.04. The first-order valence-corrected chi connectivity index (χ1v) is 7.03. The molecule has 1 unspecified atom stereocenters. The molecule has 1 fully saturated rings. The third-order valence-corrected chi connectivity index (χ3v) is 3.57. The van der Waals surface area contributed by atoms with Gasteiger partial charge in [0.15, 0.2) is 0 Å². The molecule has 98 valence electrons. The van der Waals surface area contributed by atoms with E-state index in [1.54, 1.807) is 0 Å². The first kappa shape index (κ1) is 13.4. The van der Waals surface area contributed by atoms with E-state index in [9.17, 15) is 4.79 Å². The van der Waals surface area contributed by atoms with Crippen molar-refractivity contribution in [3.05, 3.63) is 34.3 Å². The van der Waals surface area contributed by atoms with E-state index >= 15 is 0 Å². The van der Waals surface area contributed by atoms with Crippen LogP contribution < -0.4 is 16.0 Å². The highest BCUT2D eigenvalue weighted by Gasteiger charge is 2.14. The summed E-state index contributed by atoms with van der Waals surface area (Å²) in [6, 6.07) is 8.25. The molecule has 1 aliphatic heterocycles. The van der Waals surface area contributed by atoms with Crippen LogP contribution in [0.15, 0.2) is 28.7 Å². The standard InChI is InChI=1S/C13H18BrN3O/c14-11-5-3-10(4-6-11)8-16-13(18)17-9-12-2-1-7-15-12/h3-6,12,15H,1-2,7-9H2,(H2,16,17,18). The van der Waals surface area contributed by atoms with E-state index in [1.165, 1.54) is 6.42 Å². The Balaban J connectivity index is 1.66. The van der Waals surface area contributed by atoms with Gasteiger partial charge in [-0.05, 0) is 37.1 Å². The van der Waals surface area contributed by atoms with Crippen LogP contribution in [-0.4, -0.2) is 25.2 Å². The maximum absolute atomic E-state index is 11.6. The Bertz CT molecular complexity index is 388. The van der Waals surface area contributed by atoms with Gasteiger partial charge in [-0.1, -0.05) is 28.1 Å². The second-order valence-corrected chi connectivity index (χ2v) is 5.40. The summed E-state index contributed by atoms with van der Waals surface area (Å²) in [4.78, 5) is 11.6. The van der Waals surface area contributed by atoms with E-state index in [4.69, 9.17) is 0 Å². The SMILES string of the molecule is O=C(NCc1ccc(Br)cc1)NCC1CCCN1. The van der Waals surface area contributed by atoms with Crippen molar-refractivity contribution in [1.29, 1.82) is 0 Å². The highest BCUT2D eigenvalue weighted by atomic mass is 79.9. The summed E-state index contributed by atoms with van der Waals surface area (Å²) in [7, 11) is 0. The number of hydrogen-bond donors (Lipinski definition) is 3. The number of hydrogen-bond acceptors (Lipinski definition) is 2. The van der Waals surface area contributed by atoms with Crippen molar-refractivity contribution in [2.75, 3.05) is 13.1 Å². The average molecular weight is 312 g/mol. The van der Waals surface area contributed by atoms with Crippen LogP contribution in [0, 0.1) is 0 Å². The van der Waals surface area contributed by atoms with Crippen molar-refractivity contribution in [2.45, 2.75) is 25.4 Å². The molecule has 0 spiro atoms. The second-order valence-electron chi connectivity index (χ2n) is 4.48. The smallest absolute Gasteiger partial charge is 0.315 e. The molecule has 3 N–H and O–H groups in total. The number of amides is 2. The molecule has 1 saturated heterocycles. The second kappa shape index (κ2) is 6.75. The van der Waals surface area contributed by atoms with Crippen LogP contribution in [0.2, 0.25) is 0 Å². The molecule has 1 aromatic carbocycles. The number of nitrogens with one attached hydrogen (secondary N) is 3. The molecule has 2 amide bonds. The van der Waals surface area contributed by atoms with E-state index in [-0.39, 0.29) is 6.03 Å². The minimum Gasteiger partial charge on any atom is -0.337 e. The molecule has 0 saturated carbocycles. The van der Waals surface area contributed by atoms with Crippen LogP contribution in [0.1, 0.15) is 18.4 Å². The molecule has 2 rings (SSSR count). The molecule has 0 aromatic heterocycles. The molecular formula is C13H18BrN3O. The predicted molar refractivity (Wildman–Crippen MR) is 75.4 cm³/mol. The lowest BCUT2D eigenvalue weighted by Gasteiger charge is -2.12. The topological polar surface area (TPSA) is 53.2 Å². The number of rotatable bonds is 4. The first-order valence-electron chi connectivity index (χ1n) is 6.23. The lowest BCUT2D eigenvalue weighted by Crippen LogP contribution is -2.42. The van der Waals surface area contributed by atoms with Crippen molar-refractivity contribution in [3.8, 4) is 0 Å². The molecule has 1 atom stereocenters. The van der Waals surface area contributed by atoms with E-state index in [0.717, 1.165) is 23.0 Å². The molecule has 1 heterocycles. The van der Waals surface area contributed by atoms with Crippen LogP contribution in [0.5, 0.6) is 0 Å². The lowest BCUT2D eigenvalue weighted by molar-refractivity contribution is 0.239. The zero-order valence-electron chi connectivity index (χ0n) is 10.2. The largest absolute Gasteiger partial charge is 0.337 e. The number of urea groups is 1. The Kier molecular flexibility index (Phi) is 5.01. The van der Waals surface area contributed by atoms with Gasteiger partial charge in [0, 0.05) is 23.6 Å². The Hall–Kier alpha value is -1.07. The molecule has 0 radical (unpaired) electrons. The van der Waals surface area contributed by atoms with Gasteiger partial charge in [-0.2, -0.15) is 0 Å². The van der Waals surface area contributed by atoms with Crippen molar-refractivity contribution in [1.82, 2.24) is 16.0 Å². The summed E-state index contributed by atoms with van der Waals surface area (Å²) >= 11 is 3.38. The lowest BCUT2D eigenvalue weighted by atomic mass is 10.2. The normalized spacial score (nSPS) is 18.6. The van der Waals surface area contributed by atoms with Crippen molar-refractivity contribution in [2.24, 2.45) is 0 Å². The molecular weight excluding hydrogens is 294 g/mol. The van der Waals surface area contributed by atoms with E-state index in [1.807, 2.05) is 24.3 Å². The fourth-order valence-electron chi connectivity index (χ4n) is 1.99. The van der Waals surface area contributed by atoms with Crippen molar-refractivity contribution in [3.63, 3.8) is 0 Å². The van der Waals surface area contributed by atoms with Crippen LogP contribution in [0.4, 0.5) is 4.79 Å². The Morgan fingerprint density at radius 3 is 2.78 bits per heavy atom. The van der Waals surface area contributed by atoms with E-state index in [2.05, 4.69) is 31.9 Å². The maximum Gasteiger partial charge on any atom is 0.315 e. The van der Waals surface area contributed by atoms with Gasteiger partial charge in [0.1, 0.15) is 0 Å². The third kappa shape index (κ3) is 4.31. The first-order chi connectivity index (χ1) is 8.74. The van der Waals surface area contributed by atoms with Crippen molar-refractivity contribution < 1.29 is 4.79 Å². The molecule has 0 bridgehead atoms. The van der Waals surface area contributed by atoms with E-state index < -0.39 is 0 Å². The predicted octanol–water partition coefficient (Wildman–Crippen LogP) is 2.00. The van der Waals surface area contributed by atoms with Gasteiger partial charge in [0.25, 0.3) is 0 Å². The van der Waals surface area contributed by atoms with Gasteiger partial charge in [0.05, 0.1) is 0 Å². The summed E-state index contributed by atoms with van der Waals surface area (Å²) in [6.45, 7) is 2.32. The average Bonchev–Trinajstić information content (AvgIpc) is 2.89. The quantitative estimate of drug-likeness (QED) is 0.796. The van der Waals surface area contributed by atoms with Crippen LogP contribution in [0.25, 0.3) is 0 Å². The number of carbonyl (C=O) groups excluding carboxylic acids is 1. The number of halogens is 1. The zero-order chi connectivity index (χ0) is 12.8.